The number of aromatic nitrogens is 1. The summed E-state index contributed by atoms with van der Waals surface area (Å²) in [6, 6.07) is 12.6. The fraction of sp³-hybridized carbons (Fsp3) is 0.400. The zero-order valence-corrected chi connectivity index (χ0v) is 15.6. The van der Waals surface area contributed by atoms with Crippen LogP contribution >= 0.6 is 0 Å². The molecule has 1 unspecified atom stereocenters. The number of nitrogens with two attached hydrogens (primary N) is 1. The lowest BCUT2D eigenvalue weighted by atomic mass is 10.0. The molecule has 0 saturated carbocycles. The molecule has 1 aromatic heterocycles. The maximum atomic E-state index is 12.1. The van der Waals surface area contributed by atoms with Crippen LogP contribution in [0.4, 0.5) is 0 Å². The first-order valence-electron chi connectivity index (χ1n) is 8.77. The fourth-order valence-corrected chi connectivity index (χ4v) is 2.19. The third-order valence-corrected chi connectivity index (χ3v) is 4.13. The monoisotopic (exact) mass is 357 g/mol. The summed E-state index contributed by atoms with van der Waals surface area (Å²) >= 11 is 0. The predicted octanol–water partition coefficient (Wildman–Crippen LogP) is 3.08. The molecule has 2 N–H and O–H groups in total. The molecule has 1 atom stereocenters. The number of hydrogen-bond donors (Lipinski definition) is 1. The van der Waals surface area contributed by atoms with Crippen molar-refractivity contribution in [3.05, 3.63) is 48.7 Å². The first kappa shape index (κ1) is 19.7. The van der Waals surface area contributed by atoms with Gasteiger partial charge in [0.1, 0.15) is 11.5 Å². The van der Waals surface area contributed by atoms with Gasteiger partial charge >= 0.3 is 0 Å². The lowest BCUT2D eigenvalue weighted by molar-refractivity contribution is -0.132. The van der Waals surface area contributed by atoms with Gasteiger partial charge in [-0.2, -0.15) is 0 Å². The largest absolute Gasteiger partial charge is 0.484 e. The van der Waals surface area contributed by atoms with Gasteiger partial charge in [0.05, 0.1) is 0 Å². The maximum Gasteiger partial charge on any atom is 0.260 e. The van der Waals surface area contributed by atoms with Crippen LogP contribution in [0, 0.1) is 5.92 Å². The Morgan fingerprint density at radius 2 is 1.85 bits per heavy atom. The molecule has 2 rings (SSSR count). The number of rotatable bonds is 9. The minimum Gasteiger partial charge on any atom is -0.484 e. The minimum absolute atomic E-state index is 0.00609. The zero-order chi connectivity index (χ0) is 18.9. The van der Waals surface area contributed by atoms with Gasteiger partial charge in [-0.15, -0.1) is 0 Å². The smallest absolute Gasteiger partial charge is 0.260 e. The zero-order valence-electron chi connectivity index (χ0n) is 15.6. The highest BCUT2D eigenvalue weighted by Crippen LogP contribution is 2.22. The first-order chi connectivity index (χ1) is 12.5. The molecule has 1 aromatic carbocycles. The van der Waals surface area contributed by atoms with E-state index in [-0.39, 0.29) is 18.6 Å². The van der Waals surface area contributed by atoms with Crippen molar-refractivity contribution in [2.75, 3.05) is 20.2 Å². The normalized spacial score (nSPS) is 11.9. The number of pyridine rings is 1. The quantitative estimate of drug-likeness (QED) is 0.746. The van der Waals surface area contributed by atoms with Crippen molar-refractivity contribution >= 4 is 5.91 Å². The third kappa shape index (κ3) is 6.37. The molecular formula is C20H27N3O3. The molecule has 6 nitrogen and oxygen atoms in total. The van der Waals surface area contributed by atoms with E-state index < -0.39 is 0 Å². The molecule has 0 radical (unpaired) electrons. The average Bonchev–Trinajstić information content (AvgIpc) is 2.65. The van der Waals surface area contributed by atoms with Gasteiger partial charge in [-0.3, -0.25) is 4.79 Å². The highest BCUT2D eigenvalue weighted by atomic mass is 16.5. The highest BCUT2D eigenvalue weighted by Gasteiger charge is 2.13. The summed E-state index contributed by atoms with van der Waals surface area (Å²) in [6.45, 7) is 4.78. The van der Waals surface area contributed by atoms with Crippen LogP contribution in [-0.4, -0.2) is 42.0 Å². The molecule has 1 heterocycles. The first-order valence-corrected chi connectivity index (χ1v) is 8.77. The van der Waals surface area contributed by atoms with Crippen LogP contribution in [0.2, 0.25) is 0 Å². The van der Waals surface area contributed by atoms with Crippen LogP contribution in [0.15, 0.2) is 48.7 Å². The Morgan fingerprint density at radius 3 is 2.46 bits per heavy atom. The van der Waals surface area contributed by atoms with E-state index >= 15 is 0 Å². The van der Waals surface area contributed by atoms with Crippen molar-refractivity contribution in [1.82, 2.24) is 9.88 Å². The number of hydrogen-bond acceptors (Lipinski definition) is 5. The summed E-state index contributed by atoms with van der Waals surface area (Å²) in [7, 11) is 1.77. The molecule has 6 heteroatoms. The SMILES string of the molecule is CC(C)C(N)CCN(C)C(=O)COc1ccc(Oc2ccccn2)cc1. The Balaban J connectivity index is 1.77. The van der Waals surface area contributed by atoms with Crippen molar-refractivity contribution in [2.45, 2.75) is 26.3 Å². The number of nitrogens with zero attached hydrogens (tertiary/aromatic N) is 2. The van der Waals surface area contributed by atoms with Crippen molar-refractivity contribution in [3.8, 4) is 17.4 Å². The molecule has 0 saturated heterocycles. The van der Waals surface area contributed by atoms with Crippen molar-refractivity contribution in [1.29, 1.82) is 0 Å². The van der Waals surface area contributed by atoms with E-state index in [9.17, 15) is 4.79 Å². The van der Waals surface area contributed by atoms with Gasteiger partial charge in [0, 0.05) is 31.9 Å². The molecule has 26 heavy (non-hydrogen) atoms. The number of amides is 1. The van der Waals surface area contributed by atoms with Crippen molar-refractivity contribution < 1.29 is 14.3 Å². The summed E-state index contributed by atoms with van der Waals surface area (Å²) in [5.41, 5.74) is 6.01. The Hall–Kier alpha value is -2.60. The number of carbonyl (C=O) groups excluding carboxylic acids is 1. The van der Waals surface area contributed by atoms with Gasteiger partial charge in [0.15, 0.2) is 6.61 Å². The molecule has 0 aliphatic carbocycles. The standard InChI is InChI=1S/C20H27N3O3/c1-15(2)18(21)11-13-23(3)20(24)14-25-16-7-9-17(10-8-16)26-19-6-4-5-12-22-19/h4-10,12,15,18H,11,13-14,21H2,1-3H3. The second-order valence-electron chi connectivity index (χ2n) is 6.54. The molecule has 140 valence electrons. The van der Waals surface area contributed by atoms with Gasteiger partial charge < -0.3 is 20.1 Å². The fourth-order valence-electron chi connectivity index (χ4n) is 2.19. The minimum atomic E-state index is -0.0743. The topological polar surface area (TPSA) is 77.7 Å². The van der Waals surface area contributed by atoms with E-state index in [0.29, 0.717) is 29.8 Å². The summed E-state index contributed by atoms with van der Waals surface area (Å²) in [5.74, 6) is 2.12. The average molecular weight is 357 g/mol. The summed E-state index contributed by atoms with van der Waals surface area (Å²) < 4.78 is 11.2. The van der Waals surface area contributed by atoms with E-state index in [4.69, 9.17) is 15.2 Å². The van der Waals surface area contributed by atoms with E-state index in [1.54, 1.807) is 48.5 Å². The summed E-state index contributed by atoms with van der Waals surface area (Å²) in [6.07, 6.45) is 2.45. The number of likely N-dealkylation sites (N-methyl/N-ethyl adjacent to an activating group) is 1. The van der Waals surface area contributed by atoms with Crippen molar-refractivity contribution in [3.63, 3.8) is 0 Å². The van der Waals surface area contributed by atoms with E-state index in [2.05, 4.69) is 18.8 Å². The van der Waals surface area contributed by atoms with E-state index in [1.807, 2.05) is 12.1 Å². The molecular weight excluding hydrogens is 330 g/mol. The van der Waals surface area contributed by atoms with Gasteiger partial charge in [0.2, 0.25) is 5.88 Å². The lowest BCUT2D eigenvalue weighted by Gasteiger charge is -2.21. The molecule has 0 aliphatic heterocycles. The van der Waals surface area contributed by atoms with Crippen LogP contribution in [-0.2, 0) is 4.79 Å². The summed E-state index contributed by atoms with van der Waals surface area (Å²) in [5, 5.41) is 0. The van der Waals surface area contributed by atoms with Crippen LogP contribution in [0.1, 0.15) is 20.3 Å². The predicted molar refractivity (Wildman–Crippen MR) is 101 cm³/mol. The van der Waals surface area contributed by atoms with Crippen LogP contribution in [0.3, 0.4) is 0 Å². The van der Waals surface area contributed by atoms with E-state index in [1.165, 1.54) is 0 Å². The summed E-state index contributed by atoms with van der Waals surface area (Å²) in [4.78, 5) is 17.9. The molecule has 2 aromatic rings. The maximum absolute atomic E-state index is 12.1. The van der Waals surface area contributed by atoms with Gasteiger partial charge in [0.25, 0.3) is 5.91 Å². The van der Waals surface area contributed by atoms with Crippen molar-refractivity contribution in [2.24, 2.45) is 11.7 Å². The highest BCUT2D eigenvalue weighted by molar-refractivity contribution is 5.77. The van der Waals surface area contributed by atoms with Crippen LogP contribution < -0.4 is 15.2 Å². The Labute approximate surface area is 154 Å². The Kier molecular flexibility index (Phi) is 7.41. The van der Waals surface area contributed by atoms with Gasteiger partial charge in [-0.1, -0.05) is 19.9 Å². The molecule has 1 amide bonds. The van der Waals surface area contributed by atoms with Crippen LogP contribution in [0.5, 0.6) is 17.4 Å². The molecule has 0 bridgehead atoms. The van der Waals surface area contributed by atoms with E-state index in [0.717, 1.165) is 6.42 Å². The number of benzene rings is 1. The van der Waals surface area contributed by atoms with Gasteiger partial charge in [-0.05, 0) is 42.7 Å². The number of carbonyl (C=O) groups is 1. The Morgan fingerprint density at radius 1 is 1.15 bits per heavy atom. The molecule has 0 spiro atoms. The molecule has 0 fully saturated rings. The Bertz CT molecular complexity index is 674. The second kappa shape index (κ2) is 9.77. The van der Waals surface area contributed by atoms with Gasteiger partial charge in [-0.25, -0.2) is 4.98 Å². The lowest BCUT2D eigenvalue weighted by Crippen LogP contribution is -2.36. The molecule has 0 aliphatic rings. The third-order valence-electron chi connectivity index (χ3n) is 4.13. The number of ether oxygens (including phenoxy) is 2. The second-order valence-corrected chi connectivity index (χ2v) is 6.54. The van der Waals surface area contributed by atoms with Crippen LogP contribution in [0.25, 0.3) is 0 Å².